The van der Waals surface area contributed by atoms with E-state index < -0.39 is 0 Å². The monoisotopic (exact) mass is 231 g/mol. The van der Waals surface area contributed by atoms with E-state index in [9.17, 15) is 4.57 Å². The molecule has 1 aromatic carbocycles. The van der Waals surface area contributed by atoms with Crippen molar-refractivity contribution in [3.8, 4) is 0 Å². The quantitative estimate of drug-likeness (QED) is 0.681. The van der Waals surface area contributed by atoms with Crippen LogP contribution >= 0.6 is 44.9 Å². The van der Waals surface area contributed by atoms with E-state index in [4.69, 9.17) is 11.6 Å². The molecule has 0 spiro atoms. The summed E-state index contributed by atoms with van der Waals surface area (Å²) in [6.45, 7) is 0. The molecule has 0 radical (unpaired) electrons. The van der Waals surface area contributed by atoms with Gasteiger partial charge in [-0.25, -0.2) is 0 Å². The molecule has 5 heteroatoms. The first-order valence-electron chi connectivity index (χ1n) is 2.46. The van der Waals surface area contributed by atoms with Crippen LogP contribution in [0.4, 0.5) is 0 Å². The van der Waals surface area contributed by atoms with Crippen LogP contribution in [0.1, 0.15) is 0 Å². The summed E-state index contributed by atoms with van der Waals surface area (Å²) in [5.74, 6) is 0. The van der Waals surface area contributed by atoms with Crippen LogP contribution in [0.5, 0.6) is 0 Å². The molecule has 0 aliphatic rings. The second-order valence-corrected chi connectivity index (χ2v) is 2.83. The molecule has 1 unspecified atom stereocenters. The van der Waals surface area contributed by atoms with Crippen LogP contribution in [0.25, 0.3) is 0 Å². The minimum Gasteiger partial charge on any atom is -0.147 e. The molecule has 0 saturated carbocycles. The van der Waals surface area contributed by atoms with Crippen LogP contribution in [-0.2, 0) is 4.57 Å². The maximum absolute atomic E-state index is 10.2. The molecule has 1 nitrogen and oxygen atoms in total. The summed E-state index contributed by atoms with van der Waals surface area (Å²) in [5, 5.41) is 1.48. The van der Waals surface area contributed by atoms with Gasteiger partial charge in [0, 0.05) is 5.02 Å². The van der Waals surface area contributed by atoms with Crippen molar-refractivity contribution in [2.24, 2.45) is 0 Å². The lowest BCUT2D eigenvalue weighted by Crippen LogP contribution is -1.86. The standard InChI is InChI=1S/C6H4ClOP.2ClH/c7-5-1-3-6(9-8)4-2-5;;/h1-4H;2*1H/p+1. The van der Waals surface area contributed by atoms with Gasteiger partial charge in [0.15, 0.2) is 5.30 Å². The van der Waals surface area contributed by atoms with Crippen molar-refractivity contribution in [3.63, 3.8) is 0 Å². The summed E-state index contributed by atoms with van der Waals surface area (Å²) < 4.78 is 10.2. The fourth-order valence-electron chi connectivity index (χ4n) is 0.518. The van der Waals surface area contributed by atoms with Crippen molar-refractivity contribution in [1.82, 2.24) is 0 Å². The first kappa shape index (κ1) is 13.8. The smallest absolute Gasteiger partial charge is 0.147 e. The average Bonchev–Trinajstić information content (AvgIpc) is 1.90. The van der Waals surface area contributed by atoms with E-state index in [2.05, 4.69) is 0 Å². The minimum atomic E-state index is -0.382. The Morgan fingerprint density at radius 3 is 1.91 bits per heavy atom. The maximum atomic E-state index is 10.2. The minimum absolute atomic E-state index is 0. The zero-order valence-electron chi connectivity index (χ0n) is 5.41. The summed E-state index contributed by atoms with van der Waals surface area (Å²) >= 11 is 5.57. The Balaban J connectivity index is 0. The normalized spacial score (nSPS) is 8.09. The third kappa shape index (κ3) is 4.60. The van der Waals surface area contributed by atoms with Gasteiger partial charge in [0.05, 0.1) is 0 Å². The average molecular weight is 232 g/mol. The summed E-state index contributed by atoms with van der Waals surface area (Å²) in [7, 11) is -0.382. The molecule has 0 amide bonds. The maximum Gasteiger partial charge on any atom is 0.363 e. The second kappa shape index (κ2) is 6.87. The molecule has 0 aliphatic carbocycles. The van der Waals surface area contributed by atoms with Crippen LogP contribution in [0.2, 0.25) is 5.02 Å². The van der Waals surface area contributed by atoms with Crippen molar-refractivity contribution < 1.29 is 4.57 Å². The molecule has 62 valence electrons. The molecule has 0 aromatic heterocycles. The third-order valence-electron chi connectivity index (χ3n) is 0.962. The van der Waals surface area contributed by atoms with Gasteiger partial charge < -0.3 is 0 Å². The molecule has 0 saturated heterocycles. The molecular weight excluding hydrogens is 225 g/mol. The molecule has 1 aromatic rings. The fourth-order valence-corrected chi connectivity index (χ4v) is 0.947. The summed E-state index contributed by atoms with van der Waals surface area (Å²) in [4.78, 5) is 0. The van der Waals surface area contributed by atoms with E-state index in [1.807, 2.05) is 0 Å². The van der Waals surface area contributed by atoms with Gasteiger partial charge >= 0.3 is 8.46 Å². The summed E-state index contributed by atoms with van der Waals surface area (Å²) in [6.07, 6.45) is 0. The van der Waals surface area contributed by atoms with Gasteiger partial charge in [-0.3, -0.25) is 0 Å². The van der Waals surface area contributed by atoms with Crippen LogP contribution in [-0.4, -0.2) is 0 Å². The third-order valence-corrected chi connectivity index (χ3v) is 1.78. The summed E-state index contributed by atoms with van der Waals surface area (Å²) in [5.41, 5.74) is 0. The van der Waals surface area contributed by atoms with Crippen LogP contribution in [0, 0.1) is 0 Å². The Morgan fingerprint density at radius 2 is 1.55 bits per heavy atom. The van der Waals surface area contributed by atoms with E-state index >= 15 is 0 Å². The highest BCUT2D eigenvalue weighted by Gasteiger charge is 1.95. The topological polar surface area (TPSA) is 17.1 Å². The van der Waals surface area contributed by atoms with E-state index in [1.54, 1.807) is 24.3 Å². The Labute approximate surface area is 84.2 Å². The summed E-state index contributed by atoms with van der Waals surface area (Å²) in [6, 6.07) is 6.94. The van der Waals surface area contributed by atoms with Crippen LogP contribution in [0.3, 0.4) is 0 Å². The highest BCUT2D eigenvalue weighted by atomic mass is 35.5. The van der Waals surface area contributed by atoms with Gasteiger partial charge in [-0.05, 0) is 24.3 Å². The van der Waals surface area contributed by atoms with Crippen LogP contribution < -0.4 is 5.30 Å². The Kier molecular flexibility index (Phi) is 8.60. The Hall–Kier alpha value is 0.190. The number of rotatable bonds is 1. The highest BCUT2D eigenvalue weighted by molar-refractivity contribution is 7.34. The SMILES string of the molecule is Cl.Cl.O=[PH+]c1ccc(Cl)cc1. The fraction of sp³-hybridized carbons (Fsp3) is 0. The van der Waals surface area contributed by atoms with Gasteiger partial charge in [0.1, 0.15) is 0 Å². The second-order valence-electron chi connectivity index (χ2n) is 1.61. The first-order chi connectivity index (χ1) is 4.33. The number of hydrogen-bond donors (Lipinski definition) is 0. The van der Waals surface area contributed by atoms with E-state index in [-0.39, 0.29) is 33.3 Å². The molecule has 0 fully saturated rings. The van der Waals surface area contributed by atoms with Gasteiger partial charge in [-0.1, -0.05) is 16.2 Å². The van der Waals surface area contributed by atoms with Crippen molar-refractivity contribution in [3.05, 3.63) is 29.3 Å². The first-order valence-corrected chi connectivity index (χ1v) is 3.75. The van der Waals surface area contributed by atoms with Crippen molar-refractivity contribution >= 4 is 50.2 Å². The molecule has 11 heavy (non-hydrogen) atoms. The lowest BCUT2D eigenvalue weighted by Gasteiger charge is -1.82. The largest absolute Gasteiger partial charge is 0.363 e. The zero-order chi connectivity index (χ0) is 6.69. The number of benzene rings is 1. The predicted octanol–water partition coefficient (Wildman–Crippen LogP) is 2.83. The predicted molar refractivity (Wildman–Crippen MR) is 54.6 cm³/mol. The molecule has 0 bridgehead atoms. The zero-order valence-corrected chi connectivity index (χ0v) is 8.80. The lowest BCUT2D eigenvalue weighted by molar-refractivity contribution is 0.603. The van der Waals surface area contributed by atoms with Gasteiger partial charge in [0.2, 0.25) is 0 Å². The van der Waals surface area contributed by atoms with Crippen molar-refractivity contribution in [2.75, 3.05) is 0 Å². The molecule has 0 heterocycles. The van der Waals surface area contributed by atoms with E-state index in [0.717, 1.165) is 5.30 Å². The molecule has 1 atom stereocenters. The van der Waals surface area contributed by atoms with Crippen LogP contribution in [0.15, 0.2) is 24.3 Å². The van der Waals surface area contributed by atoms with Gasteiger partial charge in [-0.15, -0.1) is 24.8 Å². The Bertz CT molecular complexity index is 212. The molecular formula is C6H7Cl3OP+. The molecule has 0 N–H and O–H groups in total. The Morgan fingerprint density at radius 1 is 1.09 bits per heavy atom. The lowest BCUT2D eigenvalue weighted by atomic mass is 10.4. The number of hydrogen-bond acceptors (Lipinski definition) is 1. The van der Waals surface area contributed by atoms with Crippen molar-refractivity contribution in [1.29, 1.82) is 0 Å². The van der Waals surface area contributed by atoms with Gasteiger partial charge in [-0.2, -0.15) is 0 Å². The highest BCUT2D eigenvalue weighted by Crippen LogP contribution is 2.06. The van der Waals surface area contributed by atoms with E-state index in [1.165, 1.54) is 0 Å². The van der Waals surface area contributed by atoms with E-state index in [0.29, 0.717) is 5.02 Å². The molecule has 0 aliphatic heterocycles. The van der Waals surface area contributed by atoms with Crippen molar-refractivity contribution in [2.45, 2.75) is 0 Å². The number of halogens is 3. The van der Waals surface area contributed by atoms with Gasteiger partial charge in [0.25, 0.3) is 0 Å². The molecule has 1 rings (SSSR count).